The summed E-state index contributed by atoms with van der Waals surface area (Å²) in [5, 5.41) is 0.980. The van der Waals surface area contributed by atoms with E-state index in [4.69, 9.17) is 0 Å². The third kappa shape index (κ3) is 2.93. The van der Waals surface area contributed by atoms with Gasteiger partial charge in [0, 0.05) is 28.3 Å². The summed E-state index contributed by atoms with van der Waals surface area (Å²) in [4.78, 5) is 29.6. The van der Waals surface area contributed by atoms with Crippen LogP contribution in [0.3, 0.4) is 0 Å². The Morgan fingerprint density at radius 2 is 2.00 bits per heavy atom. The zero-order valence-electron chi connectivity index (χ0n) is 13.9. The van der Waals surface area contributed by atoms with Gasteiger partial charge < -0.3 is 0 Å². The fourth-order valence-electron chi connectivity index (χ4n) is 2.74. The molecule has 0 aliphatic heterocycles. The zero-order chi connectivity index (χ0) is 17.4. The summed E-state index contributed by atoms with van der Waals surface area (Å²) in [6.45, 7) is 8.27. The molecule has 0 spiro atoms. The minimum Gasteiger partial charge on any atom is -0.292 e. The topological polar surface area (TPSA) is 59.0 Å². The number of fused-ring (bicyclic) bond motifs is 1. The van der Waals surface area contributed by atoms with E-state index in [0.717, 1.165) is 31.8 Å². The molecule has 1 amide bonds. The summed E-state index contributed by atoms with van der Waals surface area (Å²) in [5.74, 6) is 1.31. The third-order valence-corrected chi connectivity index (χ3v) is 5.47. The molecule has 0 N–H and O–H groups in total. The van der Waals surface area contributed by atoms with Crippen LogP contribution in [0.1, 0.15) is 33.7 Å². The summed E-state index contributed by atoms with van der Waals surface area (Å²) >= 11 is 4.79. The Morgan fingerprint density at radius 1 is 1.25 bits per heavy atom. The van der Waals surface area contributed by atoms with Gasteiger partial charge in [0.2, 0.25) is 0 Å². The van der Waals surface area contributed by atoms with E-state index in [2.05, 4.69) is 30.9 Å². The first-order valence-corrected chi connectivity index (χ1v) is 9.21. The molecule has 0 aromatic carbocycles. The van der Waals surface area contributed by atoms with Gasteiger partial charge in [-0.15, -0.1) is 11.3 Å². The molecule has 0 unspecified atom stereocenters. The average Bonchev–Trinajstić information content (AvgIpc) is 2.86. The lowest BCUT2D eigenvalue weighted by Crippen LogP contribution is -2.31. The van der Waals surface area contributed by atoms with Crippen LogP contribution in [0.4, 0.5) is 5.82 Å². The van der Waals surface area contributed by atoms with Crippen LogP contribution in [-0.2, 0) is 0 Å². The number of anilines is 1. The molecule has 0 bridgehead atoms. The van der Waals surface area contributed by atoms with Crippen molar-refractivity contribution in [2.45, 2.75) is 27.7 Å². The Morgan fingerprint density at radius 3 is 2.62 bits per heavy atom. The summed E-state index contributed by atoms with van der Waals surface area (Å²) in [5.41, 5.74) is 1.85. The first kappa shape index (κ1) is 17.0. The summed E-state index contributed by atoms with van der Waals surface area (Å²) in [7, 11) is 0. The number of aromatic nitrogens is 3. The fourth-order valence-corrected chi connectivity index (χ4v) is 4.20. The maximum atomic E-state index is 13.1. The van der Waals surface area contributed by atoms with Crippen molar-refractivity contribution in [2.24, 2.45) is 0 Å². The van der Waals surface area contributed by atoms with Gasteiger partial charge in [-0.3, -0.25) is 9.69 Å². The van der Waals surface area contributed by atoms with E-state index in [-0.39, 0.29) is 5.91 Å². The number of thiophene rings is 1. The van der Waals surface area contributed by atoms with Gasteiger partial charge in [0.25, 0.3) is 5.91 Å². The monoisotopic (exact) mass is 404 g/mol. The van der Waals surface area contributed by atoms with E-state index in [1.165, 1.54) is 11.3 Å². The Bertz CT molecular complexity index is 920. The highest BCUT2D eigenvalue weighted by Crippen LogP contribution is 2.32. The van der Waals surface area contributed by atoms with Crippen molar-refractivity contribution in [1.29, 1.82) is 0 Å². The summed E-state index contributed by atoms with van der Waals surface area (Å²) in [6.07, 6.45) is 1.70. The molecule has 3 aromatic heterocycles. The number of halogens is 1. The number of carbonyl (C=O) groups is 1. The minimum absolute atomic E-state index is 0.0510. The first-order valence-electron chi connectivity index (χ1n) is 7.60. The van der Waals surface area contributed by atoms with Gasteiger partial charge in [-0.05, 0) is 61.3 Å². The first-order chi connectivity index (χ1) is 11.4. The number of nitrogens with zero attached hydrogens (tertiary/aromatic N) is 4. The average molecular weight is 405 g/mol. The Hall–Kier alpha value is -1.86. The van der Waals surface area contributed by atoms with E-state index in [1.807, 2.05) is 39.8 Å². The molecule has 0 saturated carbocycles. The van der Waals surface area contributed by atoms with Gasteiger partial charge in [-0.2, -0.15) is 0 Å². The van der Waals surface area contributed by atoms with Crippen molar-refractivity contribution in [1.82, 2.24) is 15.0 Å². The van der Waals surface area contributed by atoms with Crippen LogP contribution < -0.4 is 4.90 Å². The van der Waals surface area contributed by atoms with Crippen LogP contribution in [0.5, 0.6) is 0 Å². The fraction of sp³-hybridized carbons (Fsp3) is 0.294. The van der Waals surface area contributed by atoms with Crippen molar-refractivity contribution < 1.29 is 4.79 Å². The molecule has 3 aromatic rings. The number of aryl methyl sites for hydroxylation is 3. The van der Waals surface area contributed by atoms with Gasteiger partial charge in [-0.25, -0.2) is 15.0 Å². The lowest BCUT2D eigenvalue weighted by Gasteiger charge is -2.19. The van der Waals surface area contributed by atoms with E-state index in [1.54, 1.807) is 11.1 Å². The molecule has 5 nitrogen and oxygen atoms in total. The molecule has 3 rings (SSSR count). The van der Waals surface area contributed by atoms with Crippen molar-refractivity contribution in [3.05, 3.63) is 44.8 Å². The van der Waals surface area contributed by atoms with Crippen LogP contribution in [0, 0.1) is 20.8 Å². The Labute approximate surface area is 152 Å². The standard InChI is InChI=1S/C17H17BrN4OS/c1-5-22(13-7-6-12(18)8-19-13)17(23)15-9(2)14-10(3)20-11(4)21-16(14)24-15/h6-8H,5H2,1-4H3. The molecule has 0 saturated heterocycles. The van der Waals surface area contributed by atoms with Crippen LogP contribution in [0.15, 0.2) is 22.8 Å². The lowest BCUT2D eigenvalue weighted by molar-refractivity contribution is 0.0991. The molecule has 3 heterocycles. The molecule has 0 atom stereocenters. The molecule has 7 heteroatoms. The molecule has 24 heavy (non-hydrogen) atoms. The molecule has 124 valence electrons. The number of amides is 1. The summed E-state index contributed by atoms with van der Waals surface area (Å²) in [6, 6.07) is 3.72. The second-order valence-electron chi connectivity index (χ2n) is 5.48. The highest BCUT2D eigenvalue weighted by molar-refractivity contribution is 9.10. The van der Waals surface area contributed by atoms with Crippen LogP contribution in [0.25, 0.3) is 10.2 Å². The lowest BCUT2D eigenvalue weighted by atomic mass is 10.1. The predicted molar refractivity (Wildman–Crippen MR) is 101 cm³/mol. The highest BCUT2D eigenvalue weighted by atomic mass is 79.9. The minimum atomic E-state index is -0.0510. The molecular weight excluding hydrogens is 388 g/mol. The number of hydrogen-bond donors (Lipinski definition) is 0. The van der Waals surface area contributed by atoms with Gasteiger partial charge in [0.15, 0.2) is 0 Å². The van der Waals surface area contributed by atoms with Gasteiger partial charge in [-0.1, -0.05) is 0 Å². The maximum absolute atomic E-state index is 13.1. The van der Waals surface area contributed by atoms with E-state index in [0.29, 0.717) is 17.2 Å². The molecule has 0 aliphatic rings. The van der Waals surface area contributed by atoms with Crippen LogP contribution in [0.2, 0.25) is 0 Å². The van der Waals surface area contributed by atoms with Crippen molar-refractivity contribution in [3.63, 3.8) is 0 Å². The smallest absolute Gasteiger partial charge is 0.269 e. The maximum Gasteiger partial charge on any atom is 0.269 e. The second kappa shape index (κ2) is 6.57. The Kier molecular flexibility index (Phi) is 4.64. The molecule has 0 radical (unpaired) electrons. The van der Waals surface area contributed by atoms with Crippen molar-refractivity contribution >= 4 is 49.2 Å². The van der Waals surface area contributed by atoms with Crippen molar-refractivity contribution in [3.8, 4) is 0 Å². The third-order valence-electron chi connectivity index (χ3n) is 3.83. The number of rotatable bonds is 3. The van der Waals surface area contributed by atoms with Crippen LogP contribution in [-0.4, -0.2) is 27.4 Å². The van der Waals surface area contributed by atoms with Gasteiger partial charge in [0.1, 0.15) is 16.5 Å². The van der Waals surface area contributed by atoms with Crippen molar-refractivity contribution in [2.75, 3.05) is 11.4 Å². The Balaban J connectivity index is 2.08. The quantitative estimate of drug-likeness (QED) is 0.647. The van der Waals surface area contributed by atoms with E-state index < -0.39 is 0 Å². The molecular formula is C17H17BrN4OS. The number of carbonyl (C=O) groups excluding carboxylic acids is 1. The highest BCUT2D eigenvalue weighted by Gasteiger charge is 2.24. The van der Waals surface area contributed by atoms with E-state index >= 15 is 0 Å². The number of hydrogen-bond acceptors (Lipinski definition) is 5. The van der Waals surface area contributed by atoms with E-state index in [9.17, 15) is 4.79 Å². The summed E-state index contributed by atoms with van der Waals surface area (Å²) < 4.78 is 0.883. The SMILES string of the molecule is CCN(C(=O)c1sc2nc(C)nc(C)c2c1C)c1ccc(Br)cn1. The van der Waals surface area contributed by atoms with Gasteiger partial charge in [0.05, 0.1) is 4.88 Å². The predicted octanol–water partition coefficient (Wildman–Crippen LogP) is 4.44. The normalized spacial score (nSPS) is 11.0. The second-order valence-corrected chi connectivity index (χ2v) is 7.39. The molecule has 0 fully saturated rings. The largest absolute Gasteiger partial charge is 0.292 e. The zero-order valence-corrected chi connectivity index (χ0v) is 16.3. The molecule has 0 aliphatic carbocycles. The van der Waals surface area contributed by atoms with Crippen LogP contribution >= 0.6 is 27.3 Å². The van der Waals surface area contributed by atoms with Gasteiger partial charge >= 0.3 is 0 Å². The number of pyridine rings is 1.